The molecule has 1 aliphatic rings. The van der Waals surface area contributed by atoms with Crippen LogP contribution in [-0.4, -0.2) is 38.1 Å². The zero-order valence-corrected chi connectivity index (χ0v) is 16.0. The Morgan fingerprint density at radius 2 is 1.96 bits per heavy atom. The number of carbonyl (C=O) groups is 1. The zero-order chi connectivity index (χ0) is 18.5. The first kappa shape index (κ1) is 18.5. The summed E-state index contributed by atoms with van der Waals surface area (Å²) < 4.78 is 5.55. The van der Waals surface area contributed by atoms with Crippen LogP contribution in [0.2, 0.25) is 0 Å². The van der Waals surface area contributed by atoms with Gasteiger partial charge >= 0.3 is 0 Å². The Labute approximate surface area is 156 Å². The Balaban J connectivity index is 1.76. The average molecular weight is 352 g/mol. The van der Waals surface area contributed by atoms with Crippen LogP contribution >= 0.6 is 0 Å². The Morgan fingerprint density at radius 1 is 1.19 bits per heavy atom. The lowest BCUT2D eigenvalue weighted by Crippen LogP contribution is -2.34. The third kappa shape index (κ3) is 4.07. The van der Waals surface area contributed by atoms with Gasteiger partial charge in [-0.15, -0.1) is 0 Å². The van der Waals surface area contributed by atoms with E-state index < -0.39 is 0 Å². The number of amides is 1. The third-order valence-corrected chi connectivity index (χ3v) is 5.08. The minimum absolute atomic E-state index is 0.0857. The quantitative estimate of drug-likeness (QED) is 0.795. The number of hydrogen-bond donors (Lipinski definition) is 0. The van der Waals surface area contributed by atoms with Crippen molar-refractivity contribution in [1.82, 2.24) is 4.90 Å². The van der Waals surface area contributed by atoms with Crippen LogP contribution in [0.5, 0.6) is 5.75 Å². The van der Waals surface area contributed by atoms with Crippen LogP contribution in [0.3, 0.4) is 0 Å². The number of hydrogen-bond acceptors (Lipinski definition) is 3. The van der Waals surface area contributed by atoms with Crippen molar-refractivity contribution < 1.29 is 9.53 Å². The van der Waals surface area contributed by atoms with Crippen LogP contribution in [0, 0.1) is 0 Å². The molecule has 1 aliphatic heterocycles. The highest BCUT2D eigenvalue weighted by Crippen LogP contribution is 2.38. The van der Waals surface area contributed by atoms with Crippen LogP contribution in [-0.2, 0) is 24.2 Å². The third-order valence-electron chi connectivity index (χ3n) is 5.08. The summed E-state index contributed by atoms with van der Waals surface area (Å²) in [6.07, 6.45) is 2.99. The zero-order valence-electron chi connectivity index (χ0n) is 16.0. The molecule has 3 rings (SSSR count). The fraction of sp³-hybridized carbons (Fsp3) is 0.409. The van der Waals surface area contributed by atoms with Crippen LogP contribution in [0.15, 0.2) is 42.5 Å². The summed E-state index contributed by atoms with van der Waals surface area (Å²) in [7, 11) is 3.83. The minimum Gasteiger partial charge on any atom is -0.495 e. The number of anilines is 1. The van der Waals surface area contributed by atoms with Gasteiger partial charge in [0.15, 0.2) is 0 Å². The number of nitrogens with zero attached hydrogens (tertiary/aromatic N) is 2. The average Bonchev–Trinajstić information content (AvgIpc) is 2.66. The summed E-state index contributed by atoms with van der Waals surface area (Å²) in [6, 6.07) is 14.7. The monoisotopic (exact) mass is 352 g/mol. The van der Waals surface area contributed by atoms with Crippen molar-refractivity contribution in [3.63, 3.8) is 0 Å². The van der Waals surface area contributed by atoms with Gasteiger partial charge in [0.1, 0.15) is 5.75 Å². The Hall–Kier alpha value is -2.33. The van der Waals surface area contributed by atoms with Gasteiger partial charge in [-0.3, -0.25) is 4.79 Å². The molecule has 26 heavy (non-hydrogen) atoms. The molecule has 0 saturated carbocycles. The molecule has 2 aromatic carbocycles. The predicted molar refractivity (Wildman–Crippen MR) is 106 cm³/mol. The second-order valence-electron chi connectivity index (χ2n) is 7.00. The lowest BCUT2D eigenvalue weighted by molar-refractivity contribution is -0.116. The van der Waals surface area contributed by atoms with Gasteiger partial charge in [0.2, 0.25) is 5.91 Å². The van der Waals surface area contributed by atoms with Gasteiger partial charge < -0.3 is 14.5 Å². The number of methoxy groups -OCH3 is 1. The molecule has 4 heteroatoms. The van der Waals surface area contributed by atoms with Crippen molar-refractivity contribution >= 4 is 11.6 Å². The molecule has 4 nitrogen and oxygen atoms in total. The van der Waals surface area contributed by atoms with E-state index in [0.29, 0.717) is 0 Å². The number of likely N-dealkylation sites (N-methyl/N-ethyl adjacent to an activating group) is 1. The van der Waals surface area contributed by atoms with Crippen molar-refractivity contribution in [1.29, 1.82) is 0 Å². The highest BCUT2D eigenvalue weighted by Gasteiger charge is 2.26. The van der Waals surface area contributed by atoms with Crippen LogP contribution < -0.4 is 9.64 Å². The van der Waals surface area contributed by atoms with E-state index in [-0.39, 0.29) is 5.91 Å². The van der Waals surface area contributed by atoms with Gasteiger partial charge in [-0.1, -0.05) is 36.4 Å². The maximum atomic E-state index is 12.1. The Bertz CT molecular complexity index is 758. The number of carbonyl (C=O) groups excluding carboxylic acids is 1. The van der Waals surface area contributed by atoms with E-state index in [1.807, 2.05) is 17.0 Å². The van der Waals surface area contributed by atoms with Gasteiger partial charge in [0, 0.05) is 26.6 Å². The second-order valence-corrected chi connectivity index (χ2v) is 7.00. The number of benzene rings is 2. The normalized spacial score (nSPS) is 13.6. The molecule has 2 aromatic rings. The van der Waals surface area contributed by atoms with Gasteiger partial charge in [0.25, 0.3) is 0 Å². The van der Waals surface area contributed by atoms with Crippen LogP contribution in [0.25, 0.3) is 0 Å². The number of rotatable bonds is 6. The van der Waals surface area contributed by atoms with Gasteiger partial charge in [-0.05, 0) is 49.1 Å². The fourth-order valence-electron chi connectivity index (χ4n) is 3.76. The molecule has 0 saturated heterocycles. The lowest BCUT2D eigenvalue weighted by atomic mass is 9.93. The SMILES string of the molecule is COc1ccc(CCN(C)Cc2ccccc2)c2c1N(C(C)=O)CCC2. The summed E-state index contributed by atoms with van der Waals surface area (Å²) in [4.78, 5) is 16.3. The molecule has 0 bridgehead atoms. The van der Waals surface area contributed by atoms with Crippen LogP contribution in [0.1, 0.15) is 30.0 Å². The molecule has 138 valence electrons. The van der Waals surface area contributed by atoms with Crippen molar-refractivity contribution in [2.24, 2.45) is 0 Å². The Morgan fingerprint density at radius 3 is 2.65 bits per heavy atom. The summed E-state index contributed by atoms with van der Waals surface area (Å²) in [5, 5.41) is 0. The van der Waals surface area contributed by atoms with E-state index in [2.05, 4.69) is 42.3 Å². The maximum Gasteiger partial charge on any atom is 0.223 e. The summed E-state index contributed by atoms with van der Waals surface area (Å²) in [5.74, 6) is 0.888. The van der Waals surface area contributed by atoms with Crippen molar-refractivity contribution in [2.75, 3.05) is 32.1 Å². The predicted octanol–water partition coefficient (Wildman–Crippen LogP) is 3.67. The Kier molecular flexibility index (Phi) is 5.94. The van der Waals surface area contributed by atoms with Crippen molar-refractivity contribution in [3.8, 4) is 5.75 Å². The van der Waals surface area contributed by atoms with E-state index in [9.17, 15) is 4.79 Å². The number of ether oxygens (including phenoxy) is 1. The standard InChI is InChI=1S/C22H28N2O2/c1-17(25)24-14-7-10-20-19(11-12-21(26-3)22(20)24)13-15-23(2)16-18-8-5-4-6-9-18/h4-6,8-9,11-12H,7,10,13-16H2,1-3H3. The first-order valence-corrected chi connectivity index (χ1v) is 9.29. The lowest BCUT2D eigenvalue weighted by Gasteiger charge is -2.32. The molecule has 1 amide bonds. The van der Waals surface area contributed by atoms with E-state index >= 15 is 0 Å². The first-order chi connectivity index (χ1) is 12.6. The van der Waals surface area contributed by atoms with Crippen molar-refractivity contribution in [3.05, 3.63) is 59.2 Å². The molecule has 0 fully saturated rings. The van der Waals surface area contributed by atoms with Crippen molar-refractivity contribution in [2.45, 2.75) is 32.7 Å². The highest BCUT2D eigenvalue weighted by molar-refractivity contribution is 5.95. The minimum atomic E-state index is 0.0857. The molecule has 0 spiro atoms. The molecule has 0 atom stereocenters. The molecular formula is C22H28N2O2. The first-order valence-electron chi connectivity index (χ1n) is 9.29. The van der Waals surface area contributed by atoms with Gasteiger partial charge in [-0.2, -0.15) is 0 Å². The van der Waals surface area contributed by atoms with E-state index in [4.69, 9.17) is 4.74 Å². The molecular weight excluding hydrogens is 324 g/mol. The smallest absolute Gasteiger partial charge is 0.223 e. The number of fused-ring (bicyclic) bond motifs is 1. The van der Waals surface area contributed by atoms with E-state index in [1.54, 1.807) is 14.0 Å². The topological polar surface area (TPSA) is 32.8 Å². The molecule has 1 heterocycles. The second kappa shape index (κ2) is 8.37. The van der Waals surface area contributed by atoms with E-state index in [0.717, 1.165) is 50.3 Å². The summed E-state index contributed by atoms with van der Waals surface area (Å²) in [6.45, 7) is 4.33. The molecule has 0 aliphatic carbocycles. The molecule has 0 radical (unpaired) electrons. The van der Waals surface area contributed by atoms with Crippen LogP contribution in [0.4, 0.5) is 5.69 Å². The fourth-order valence-corrected chi connectivity index (χ4v) is 3.76. The van der Waals surface area contributed by atoms with E-state index in [1.165, 1.54) is 16.7 Å². The molecule has 0 N–H and O–H groups in total. The van der Waals surface area contributed by atoms with Gasteiger partial charge in [-0.25, -0.2) is 0 Å². The maximum absolute atomic E-state index is 12.1. The summed E-state index contributed by atoms with van der Waals surface area (Å²) >= 11 is 0. The van der Waals surface area contributed by atoms with Gasteiger partial charge in [0.05, 0.1) is 12.8 Å². The highest BCUT2D eigenvalue weighted by atomic mass is 16.5. The summed E-state index contributed by atoms with van der Waals surface area (Å²) in [5.41, 5.74) is 4.91. The largest absolute Gasteiger partial charge is 0.495 e. The molecule has 0 aromatic heterocycles. The molecule has 0 unspecified atom stereocenters.